The topological polar surface area (TPSA) is 46.8 Å². The zero-order valence-corrected chi connectivity index (χ0v) is 12.9. The number of halogens is 1. The lowest BCUT2D eigenvalue weighted by Crippen LogP contribution is -2.11. The second-order valence-electron chi connectivity index (χ2n) is 4.73. The third-order valence-electron chi connectivity index (χ3n) is 3.10. The standard InChI is InChI=1S/C14H14BrN5/c1-19(2)13-12-14(17-8-16-13)20(9-18-12)7-10-5-3-4-6-11(10)15/h3-6,8-9H,7H2,1-2H3. The Bertz CT molecular complexity index is 750. The summed E-state index contributed by atoms with van der Waals surface area (Å²) in [5, 5.41) is 0. The van der Waals surface area contributed by atoms with E-state index in [4.69, 9.17) is 0 Å². The molecule has 0 amide bonds. The molecule has 0 saturated carbocycles. The van der Waals surface area contributed by atoms with Crippen LogP contribution in [0.15, 0.2) is 41.4 Å². The number of nitrogens with zero attached hydrogens (tertiary/aromatic N) is 5. The van der Waals surface area contributed by atoms with Gasteiger partial charge in [-0.05, 0) is 11.6 Å². The molecule has 2 heterocycles. The van der Waals surface area contributed by atoms with E-state index in [1.54, 1.807) is 6.33 Å². The average Bonchev–Trinajstić information content (AvgIpc) is 2.84. The number of imidazole rings is 1. The Morgan fingerprint density at radius 2 is 1.95 bits per heavy atom. The van der Waals surface area contributed by atoms with Crippen LogP contribution in [0.4, 0.5) is 5.82 Å². The minimum atomic E-state index is 0.724. The summed E-state index contributed by atoms with van der Waals surface area (Å²) in [6.45, 7) is 0.724. The smallest absolute Gasteiger partial charge is 0.165 e. The molecule has 102 valence electrons. The zero-order valence-electron chi connectivity index (χ0n) is 11.3. The van der Waals surface area contributed by atoms with E-state index >= 15 is 0 Å². The highest BCUT2D eigenvalue weighted by Crippen LogP contribution is 2.22. The van der Waals surface area contributed by atoms with Crippen molar-refractivity contribution in [1.29, 1.82) is 0 Å². The summed E-state index contributed by atoms with van der Waals surface area (Å²) in [5.41, 5.74) is 2.86. The second-order valence-corrected chi connectivity index (χ2v) is 5.58. The summed E-state index contributed by atoms with van der Waals surface area (Å²) in [6, 6.07) is 8.16. The first-order valence-electron chi connectivity index (χ1n) is 6.23. The normalized spacial score (nSPS) is 10.9. The number of anilines is 1. The fraction of sp³-hybridized carbons (Fsp3) is 0.214. The summed E-state index contributed by atoms with van der Waals surface area (Å²) in [4.78, 5) is 15.0. The average molecular weight is 332 g/mol. The van der Waals surface area contributed by atoms with Crippen LogP contribution in [0.25, 0.3) is 11.2 Å². The minimum Gasteiger partial charge on any atom is -0.361 e. The predicted molar refractivity (Wildman–Crippen MR) is 82.9 cm³/mol. The molecule has 0 atom stereocenters. The van der Waals surface area contributed by atoms with Crippen LogP contribution in [0.2, 0.25) is 0 Å². The Hall–Kier alpha value is -1.95. The fourth-order valence-corrected chi connectivity index (χ4v) is 2.53. The van der Waals surface area contributed by atoms with E-state index in [1.165, 1.54) is 5.56 Å². The predicted octanol–water partition coefficient (Wildman–Crippen LogP) is 2.70. The molecule has 0 fully saturated rings. The molecule has 2 aromatic heterocycles. The van der Waals surface area contributed by atoms with Gasteiger partial charge >= 0.3 is 0 Å². The Morgan fingerprint density at radius 1 is 1.15 bits per heavy atom. The molecule has 0 aliphatic carbocycles. The van der Waals surface area contributed by atoms with Crippen molar-refractivity contribution in [2.24, 2.45) is 0 Å². The number of aromatic nitrogens is 4. The number of hydrogen-bond donors (Lipinski definition) is 0. The number of benzene rings is 1. The van der Waals surface area contributed by atoms with E-state index in [0.29, 0.717) is 0 Å². The SMILES string of the molecule is CN(C)c1ncnc2c1ncn2Cc1ccccc1Br. The van der Waals surface area contributed by atoms with Gasteiger partial charge in [-0.25, -0.2) is 15.0 Å². The van der Waals surface area contributed by atoms with Crippen LogP contribution in [0, 0.1) is 0 Å². The van der Waals surface area contributed by atoms with Gasteiger partial charge in [0.1, 0.15) is 6.33 Å². The highest BCUT2D eigenvalue weighted by Gasteiger charge is 2.12. The van der Waals surface area contributed by atoms with Crippen LogP contribution in [0.3, 0.4) is 0 Å². The first-order valence-corrected chi connectivity index (χ1v) is 7.02. The lowest BCUT2D eigenvalue weighted by atomic mass is 10.2. The zero-order chi connectivity index (χ0) is 14.1. The molecule has 3 aromatic rings. The van der Waals surface area contributed by atoms with Gasteiger partial charge in [-0.15, -0.1) is 0 Å². The fourth-order valence-electron chi connectivity index (χ4n) is 2.12. The van der Waals surface area contributed by atoms with Gasteiger partial charge in [0.25, 0.3) is 0 Å². The maximum absolute atomic E-state index is 4.45. The molecule has 0 aliphatic rings. The number of fused-ring (bicyclic) bond motifs is 1. The van der Waals surface area contributed by atoms with E-state index in [2.05, 4.69) is 36.9 Å². The van der Waals surface area contributed by atoms with Crippen LogP contribution in [0.5, 0.6) is 0 Å². The first kappa shape index (κ1) is 13.1. The second kappa shape index (κ2) is 5.20. The lowest BCUT2D eigenvalue weighted by molar-refractivity contribution is 0.809. The molecule has 6 heteroatoms. The molecule has 0 aliphatic heterocycles. The highest BCUT2D eigenvalue weighted by atomic mass is 79.9. The monoisotopic (exact) mass is 331 g/mol. The van der Waals surface area contributed by atoms with Crippen molar-refractivity contribution >= 4 is 32.9 Å². The van der Waals surface area contributed by atoms with Gasteiger partial charge < -0.3 is 9.47 Å². The molecule has 0 spiro atoms. The van der Waals surface area contributed by atoms with Crippen molar-refractivity contribution in [3.8, 4) is 0 Å². The molecule has 0 unspecified atom stereocenters. The Morgan fingerprint density at radius 3 is 2.70 bits per heavy atom. The van der Waals surface area contributed by atoms with Crippen LogP contribution in [-0.2, 0) is 6.54 Å². The quantitative estimate of drug-likeness (QED) is 0.740. The molecule has 3 rings (SSSR count). The Balaban J connectivity index is 2.06. The molecule has 0 radical (unpaired) electrons. The van der Waals surface area contributed by atoms with Gasteiger partial charge in [-0.2, -0.15) is 0 Å². The molecule has 1 aromatic carbocycles. The van der Waals surface area contributed by atoms with Crippen molar-refractivity contribution in [1.82, 2.24) is 19.5 Å². The number of rotatable bonds is 3. The number of hydrogen-bond acceptors (Lipinski definition) is 4. The first-order chi connectivity index (χ1) is 9.66. The molecular formula is C14H14BrN5. The van der Waals surface area contributed by atoms with E-state index in [9.17, 15) is 0 Å². The van der Waals surface area contributed by atoms with Crippen molar-refractivity contribution in [3.63, 3.8) is 0 Å². The van der Waals surface area contributed by atoms with Crippen LogP contribution >= 0.6 is 15.9 Å². The molecule has 20 heavy (non-hydrogen) atoms. The van der Waals surface area contributed by atoms with Crippen molar-refractivity contribution < 1.29 is 0 Å². The lowest BCUT2D eigenvalue weighted by Gasteiger charge is -2.11. The van der Waals surface area contributed by atoms with Crippen molar-refractivity contribution in [3.05, 3.63) is 47.0 Å². The summed E-state index contributed by atoms with van der Waals surface area (Å²) in [7, 11) is 3.91. The third-order valence-corrected chi connectivity index (χ3v) is 3.88. The van der Waals surface area contributed by atoms with Crippen LogP contribution in [0.1, 0.15) is 5.56 Å². The van der Waals surface area contributed by atoms with Crippen molar-refractivity contribution in [2.45, 2.75) is 6.54 Å². The Labute approximate surface area is 125 Å². The summed E-state index contributed by atoms with van der Waals surface area (Å²) in [5.74, 6) is 0.834. The van der Waals surface area contributed by atoms with Crippen LogP contribution in [-0.4, -0.2) is 33.6 Å². The summed E-state index contributed by atoms with van der Waals surface area (Å²) in [6.07, 6.45) is 3.39. The summed E-state index contributed by atoms with van der Waals surface area (Å²) >= 11 is 3.57. The van der Waals surface area contributed by atoms with E-state index in [0.717, 1.165) is 28.0 Å². The van der Waals surface area contributed by atoms with Gasteiger partial charge in [0.2, 0.25) is 0 Å². The Kier molecular flexibility index (Phi) is 3.40. The van der Waals surface area contributed by atoms with Crippen LogP contribution < -0.4 is 4.90 Å². The largest absolute Gasteiger partial charge is 0.361 e. The molecule has 0 saturated heterocycles. The van der Waals surface area contributed by atoms with E-state index in [-0.39, 0.29) is 0 Å². The van der Waals surface area contributed by atoms with Gasteiger partial charge in [-0.1, -0.05) is 34.1 Å². The van der Waals surface area contributed by atoms with Gasteiger partial charge in [0, 0.05) is 18.6 Å². The van der Waals surface area contributed by atoms with E-state index in [1.807, 2.05) is 48.1 Å². The molecule has 0 bridgehead atoms. The van der Waals surface area contributed by atoms with E-state index < -0.39 is 0 Å². The highest BCUT2D eigenvalue weighted by molar-refractivity contribution is 9.10. The minimum absolute atomic E-state index is 0.724. The summed E-state index contributed by atoms with van der Waals surface area (Å²) < 4.78 is 3.12. The van der Waals surface area contributed by atoms with Gasteiger partial charge in [0.15, 0.2) is 17.0 Å². The third kappa shape index (κ3) is 2.27. The molecule has 0 N–H and O–H groups in total. The molecule has 5 nitrogen and oxygen atoms in total. The maximum atomic E-state index is 4.45. The maximum Gasteiger partial charge on any atom is 0.165 e. The van der Waals surface area contributed by atoms with Gasteiger partial charge in [0.05, 0.1) is 12.9 Å². The van der Waals surface area contributed by atoms with Gasteiger partial charge in [-0.3, -0.25) is 0 Å². The molecular weight excluding hydrogens is 318 g/mol. The van der Waals surface area contributed by atoms with Crippen molar-refractivity contribution in [2.75, 3.05) is 19.0 Å².